The highest BCUT2D eigenvalue weighted by molar-refractivity contribution is 6.00. The van der Waals surface area contributed by atoms with Crippen molar-refractivity contribution in [2.45, 2.75) is 76.4 Å². The predicted molar refractivity (Wildman–Crippen MR) is 134 cm³/mol. The van der Waals surface area contributed by atoms with Gasteiger partial charge in [-0.2, -0.15) is 5.10 Å². The zero-order valence-corrected chi connectivity index (χ0v) is 20.6. The Morgan fingerprint density at radius 3 is 2.57 bits per heavy atom. The smallest absolute Gasteiger partial charge is 0.273 e. The third kappa shape index (κ3) is 4.64. The van der Waals surface area contributed by atoms with E-state index in [1.54, 1.807) is 28.0 Å². The first-order valence-corrected chi connectivity index (χ1v) is 12.8. The fraction of sp³-hybridized carbons (Fsp3) is 0.464. The summed E-state index contributed by atoms with van der Waals surface area (Å²) in [5.41, 5.74) is 1.17. The number of nitrogens with zero attached hydrogens (tertiary/aromatic N) is 3. The molecule has 3 heterocycles. The molecule has 0 spiro atoms. The predicted octanol–water partition coefficient (Wildman–Crippen LogP) is 5.00. The number of benzene rings is 1. The van der Waals surface area contributed by atoms with Crippen molar-refractivity contribution in [2.24, 2.45) is 0 Å². The van der Waals surface area contributed by atoms with Gasteiger partial charge in [-0.3, -0.25) is 14.3 Å². The van der Waals surface area contributed by atoms with E-state index in [4.69, 9.17) is 4.42 Å². The molecule has 0 bridgehead atoms. The van der Waals surface area contributed by atoms with Crippen LogP contribution in [-0.4, -0.2) is 44.6 Å². The number of fused-ring (bicyclic) bond motifs is 1. The molecule has 1 saturated carbocycles. The average molecular weight is 475 g/mol. The number of aromatic nitrogens is 2. The normalized spacial score (nSPS) is 21.9. The third-order valence-corrected chi connectivity index (χ3v) is 7.58. The summed E-state index contributed by atoms with van der Waals surface area (Å²) in [7, 11) is 0. The van der Waals surface area contributed by atoms with Gasteiger partial charge < -0.3 is 14.6 Å². The van der Waals surface area contributed by atoms with Crippen molar-refractivity contribution in [2.75, 3.05) is 6.54 Å². The second kappa shape index (κ2) is 9.72. The molecule has 7 heteroatoms. The first-order valence-electron chi connectivity index (χ1n) is 12.8. The van der Waals surface area contributed by atoms with Crippen LogP contribution in [0, 0.1) is 0 Å². The summed E-state index contributed by atoms with van der Waals surface area (Å²) in [6.07, 6.45) is 8.27. The molecule has 2 aromatic heterocycles. The molecule has 2 aliphatic rings. The first kappa shape index (κ1) is 23.4. The van der Waals surface area contributed by atoms with E-state index in [9.17, 15) is 9.59 Å². The summed E-state index contributed by atoms with van der Waals surface area (Å²) in [6.45, 7) is 4.73. The van der Waals surface area contributed by atoms with Crippen LogP contribution in [0.5, 0.6) is 0 Å². The summed E-state index contributed by atoms with van der Waals surface area (Å²) in [5.74, 6) is 0.402. The van der Waals surface area contributed by atoms with Crippen LogP contribution in [0.1, 0.15) is 74.3 Å². The zero-order valence-electron chi connectivity index (χ0n) is 20.6. The quantitative estimate of drug-likeness (QED) is 0.510. The Bertz CT molecular complexity index is 1160. The highest BCUT2D eigenvalue weighted by Gasteiger charge is 2.48. The summed E-state index contributed by atoms with van der Waals surface area (Å²) < 4.78 is 7.19. The van der Waals surface area contributed by atoms with Gasteiger partial charge in [0.2, 0.25) is 5.91 Å². The molecule has 1 fully saturated rings. The van der Waals surface area contributed by atoms with Crippen LogP contribution in [0.15, 0.2) is 59.2 Å². The van der Waals surface area contributed by atoms with Gasteiger partial charge in [0, 0.05) is 18.7 Å². The van der Waals surface area contributed by atoms with Gasteiger partial charge in [-0.15, -0.1) is 0 Å². The van der Waals surface area contributed by atoms with Crippen molar-refractivity contribution in [3.05, 3.63) is 66.1 Å². The Balaban J connectivity index is 1.47. The molecular formula is C28H34N4O3. The van der Waals surface area contributed by atoms with E-state index in [2.05, 4.69) is 29.5 Å². The van der Waals surface area contributed by atoms with Crippen molar-refractivity contribution < 1.29 is 14.0 Å². The largest absolute Gasteiger partial charge is 0.463 e. The van der Waals surface area contributed by atoms with E-state index in [1.165, 1.54) is 12.8 Å². The molecule has 1 aliphatic carbocycles. The van der Waals surface area contributed by atoms with Gasteiger partial charge in [-0.05, 0) is 43.4 Å². The minimum absolute atomic E-state index is 0.0733. The van der Waals surface area contributed by atoms with Gasteiger partial charge in [0.15, 0.2) is 5.76 Å². The van der Waals surface area contributed by atoms with Crippen LogP contribution >= 0.6 is 0 Å². The fourth-order valence-electron chi connectivity index (χ4n) is 5.40. The highest BCUT2D eigenvalue weighted by Crippen LogP contribution is 2.33. The number of hydrogen-bond acceptors (Lipinski definition) is 4. The zero-order chi connectivity index (χ0) is 24.4. The molecule has 7 nitrogen and oxygen atoms in total. The van der Waals surface area contributed by atoms with Crippen molar-refractivity contribution in [3.63, 3.8) is 0 Å². The van der Waals surface area contributed by atoms with E-state index in [-0.39, 0.29) is 23.8 Å². The van der Waals surface area contributed by atoms with Crippen LogP contribution in [0.4, 0.5) is 0 Å². The molecule has 35 heavy (non-hydrogen) atoms. The number of carbonyl (C=O) groups is 2. The molecule has 2 atom stereocenters. The lowest BCUT2D eigenvalue weighted by molar-refractivity contribution is -0.134. The molecule has 0 radical (unpaired) electrons. The minimum atomic E-state index is -1.05. The Kier molecular flexibility index (Phi) is 6.50. The summed E-state index contributed by atoms with van der Waals surface area (Å²) >= 11 is 0. The van der Waals surface area contributed by atoms with Crippen molar-refractivity contribution in [1.82, 2.24) is 20.0 Å². The monoisotopic (exact) mass is 474 g/mol. The van der Waals surface area contributed by atoms with Crippen molar-refractivity contribution in [1.29, 1.82) is 0 Å². The van der Waals surface area contributed by atoms with E-state index >= 15 is 0 Å². The molecule has 5 rings (SSSR count). The number of amides is 2. The van der Waals surface area contributed by atoms with E-state index in [0.29, 0.717) is 30.2 Å². The Morgan fingerprint density at radius 1 is 1.14 bits per heavy atom. The molecule has 1 aromatic carbocycles. The van der Waals surface area contributed by atoms with Gasteiger partial charge in [-0.25, -0.2) is 0 Å². The maximum atomic E-state index is 13.9. The van der Waals surface area contributed by atoms with E-state index < -0.39 is 5.54 Å². The number of rotatable bonds is 6. The van der Waals surface area contributed by atoms with Crippen molar-refractivity contribution >= 4 is 11.8 Å². The summed E-state index contributed by atoms with van der Waals surface area (Å²) in [6, 6.07) is 15.7. The molecule has 2 amide bonds. The second-order valence-electron chi connectivity index (χ2n) is 10.2. The molecule has 184 valence electrons. The standard InChI is InChI=1S/C28H34N4O3/c1-20(21-11-6-5-7-12-21)18-31-26(33)24-17-23(25-15-10-16-35-25)30-32(24)19-28(31,2)27(34)29-22-13-8-3-4-9-14-22/h5-7,10-12,15-17,20,22H,3-4,8-9,13-14,18-19H2,1-2H3,(H,29,34)/t20-,28+/m0/s1. The third-order valence-electron chi connectivity index (χ3n) is 7.58. The fourth-order valence-corrected chi connectivity index (χ4v) is 5.40. The molecule has 0 unspecified atom stereocenters. The van der Waals surface area contributed by atoms with Crippen LogP contribution in [0.3, 0.4) is 0 Å². The SMILES string of the molecule is C[C@@H](CN1C(=O)c2cc(-c3ccco3)nn2C[C@]1(C)C(=O)NC1CCCCCC1)c1ccccc1. The lowest BCUT2D eigenvalue weighted by Crippen LogP contribution is -2.65. The Labute approximate surface area is 206 Å². The summed E-state index contributed by atoms with van der Waals surface area (Å²) in [5, 5.41) is 7.96. The molecular weight excluding hydrogens is 440 g/mol. The maximum absolute atomic E-state index is 13.9. The Hall–Kier alpha value is -3.35. The van der Waals surface area contributed by atoms with Crippen LogP contribution in [0.2, 0.25) is 0 Å². The molecule has 3 aromatic rings. The van der Waals surface area contributed by atoms with E-state index in [1.807, 2.05) is 31.2 Å². The first-order chi connectivity index (χ1) is 17.0. The van der Waals surface area contributed by atoms with Gasteiger partial charge in [0.05, 0.1) is 12.8 Å². The van der Waals surface area contributed by atoms with Crippen LogP contribution in [-0.2, 0) is 11.3 Å². The number of carbonyl (C=O) groups excluding carboxylic acids is 2. The molecule has 1 aliphatic heterocycles. The van der Waals surface area contributed by atoms with Gasteiger partial charge in [0.25, 0.3) is 5.91 Å². The second-order valence-corrected chi connectivity index (χ2v) is 10.2. The van der Waals surface area contributed by atoms with Crippen LogP contribution in [0.25, 0.3) is 11.5 Å². The van der Waals surface area contributed by atoms with Gasteiger partial charge in [-0.1, -0.05) is 62.9 Å². The van der Waals surface area contributed by atoms with E-state index in [0.717, 1.165) is 31.2 Å². The maximum Gasteiger partial charge on any atom is 0.273 e. The van der Waals surface area contributed by atoms with Gasteiger partial charge >= 0.3 is 0 Å². The van der Waals surface area contributed by atoms with Crippen LogP contribution < -0.4 is 5.32 Å². The van der Waals surface area contributed by atoms with Crippen molar-refractivity contribution in [3.8, 4) is 11.5 Å². The topological polar surface area (TPSA) is 80.4 Å². The molecule has 1 N–H and O–H groups in total. The number of hydrogen-bond donors (Lipinski definition) is 1. The van der Waals surface area contributed by atoms with Gasteiger partial charge in [0.1, 0.15) is 16.9 Å². The molecule has 0 saturated heterocycles. The lowest BCUT2D eigenvalue weighted by atomic mass is 9.91. The highest BCUT2D eigenvalue weighted by atomic mass is 16.3. The number of nitrogens with one attached hydrogen (secondary N) is 1. The Morgan fingerprint density at radius 2 is 1.89 bits per heavy atom. The lowest BCUT2D eigenvalue weighted by Gasteiger charge is -2.44. The minimum Gasteiger partial charge on any atom is -0.463 e. The summed E-state index contributed by atoms with van der Waals surface area (Å²) in [4.78, 5) is 29.5. The number of furan rings is 1. The average Bonchev–Trinajstić information content (AvgIpc) is 3.47.